The van der Waals surface area contributed by atoms with Crippen molar-refractivity contribution >= 4 is 16.6 Å². The molecule has 1 aliphatic rings. The highest BCUT2D eigenvalue weighted by molar-refractivity contribution is 5.86. The first-order valence-electron chi connectivity index (χ1n) is 10.1. The fourth-order valence-electron chi connectivity index (χ4n) is 3.88. The van der Waals surface area contributed by atoms with Crippen LogP contribution < -0.4 is 10.1 Å². The van der Waals surface area contributed by atoms with Gasteiger partial charge in [-0.15, -0.1) is 0 Å². The molecule has 148 valence electrons. The van der Waals surface area contributed by atoms with Gasteiger partial charge in [0.2, 0.25) is 0 Å². The Morgan fingerprint density at radius 2 is 2.17 bits per heavy atom. The van der Waals surface area contributed by atoms with E-state index in [1.807, 2.05) is 47.1 Å². The van der Waals surface area contributed by atoms with Gasteiger partial charge in [0.25, 0.3) is 0 Å². The number of imidazole rings is 1. The van der Waals surface area contributed by atoms with Crippen molar-refractivity contribution in [1.29, 1.82) is 0 Å². The smallest absolute Gasteiger partial charge is 0.149 e. The third kappa shape index (κ3) is 3.34. The lowest BCUT2D eigenvalue weighted by atomic mass is 10.1. The largest absolute Gasteiger partial charge is 0.485 e. The van der Waals surface area contributed by atoms with Crippen LogP contribution in [-0.2, 0) is 6.42 Å². The van der Waals surface area contributed by atoms with Crippen LogP contribution in [0, 0.1) is 0 Å². The summed E-state index contributed by atoms with van der Waals surface area (Å²) in [4.78, 5) is 9.42. The van der Waals surface area contributed by atoms with E-state index in [0.717, 1.165) is 40.9 Å². The van der Waals surface area contributed by atoms with Crippen LogP contribution in [0.25, 0.3) is 27.9 Å². The summed E-state index contributed by atoms with van der Waals surface area (Å²) < 4.78 is 22.4. The summed E-state index contributed by atoms with van der Waals surface area (Å²) in [6.45, 7) is 3.22. The molecule has 2 atom stereocenters. The minimum atomic E-state index is -1.02. The van der Waals surface area contributed by atoms with Gasteiger partial charge in [-0.05, 0) is 49.2 Å². The van der Waals surface area contributed by atoms with Gasteiger partial charge in [0.05, 0.1) is 17.6 Å². The van der Waals surface area contributed by atoms with Crippen molar-refractivity contribution in [2.24, 2.45) is 0 Å². The Labute approximate surface area is 168 Å². The molecule has 1 saturated heterocycles. The van der Waals surface area contributed by atoms with Crippen molar-refractivity contribution in [1.82, 2.24) is 19.7 Å². The summed E-state index contributed by atoms with van der Waals surface area (Å²) in [6, 6.07) is 14.0. The molecule has 1 N–H and O–H groups in total. The molecule has 4 aromatic rings. The molecule has 0 radical (unpaired) electrons. The molecule has 6 heteroatoms. The number of aromatic nitrogens is 3. The van der Waals surface area contributed by atoms with Crippen LogP contribution in [0.3, 0.4) is 0 Å². The lowest BCUT2D eigenvalue weighted by Gasteiger charge is -2.27. The number of rotatable bonds is 4. The van der Waals surface area contributed by atoms with Gasteiger partial charge in [-0.25, -0.2) is 14.4 Å². The fraction of sp³-hybridized carbons (Fsp3) is 0.304. The van der Waals surface area contributed by atoms with Gasteiger partial charge < -0.3 is 10.1 Å². The van der Waals surface area contributed by atoms with Crippen molar-refractivity contribution in [3.63, 3.8) is 0 Å². The Balaban J connectivity index is 1.56. The number of nitrogens with one attached hydrogen (secondary N) is 1. The van der Waals surface area contributed by atoms with E-state index in [2.05, 4.69) is 29.4 Å². The Hall–Kier alpha value is -2.99. The van der Waals surface area contributed by atoms with Crippen LogP contribution in [0.5, 0.6) is 5.75 Å². The molecular formula is C23H23FN4O. The Kier molecular flexibility index (Phi) is 4.64. The molecule has 0 saturated carbocycles. The van der Waals surface area contributed by atoms with Gasteiger partial charge in [-0.3, -0.25) is 4.40 Å². The van der Waals surface area contributed by atoms with E-state index in [-0.39, 0.29) is 0 Å². The second-order valence-electron chi connectivity index (χ2n) is 7.45. The number of alkyl halides is 1. The minimum absolute atomic E-state index is 0.329. The highest BCUT2D eigenvalue weighted by Crippen LogP contribution is 2.30. The molecule has 0 amide bonds. The third-order valence-corrected chi connectivity index (χ3v) is 5.56. The Morgan fingerprint density at radius 1 is 1.24 bits per heavy atom. The van der Waals surface area contributed by atoms with Crippen LogP contribution >= 0.6 is 0 Å². The van der Waals surface area contributed by atoms with Gasteiger partial charge in [0, 0.05) is 18.1 Å². The standard InChI is InChI=1S/C23H23FN4O/c1-2-15-9-11-28-19(14-26-22(28)12-15)18-7-6-16-4-3-5-21(23(16)27-18)29-20-8-10-25-13-17(20)24/h3-7,9,11-12,14,17,20,25H,2,8,10,13H2,1H3/t17-,20-/m0/s1. The van der Waals surface area contributed by atoms with Gasteiger partial charge >= 0.3 is 0 Å². The molecule has 29 heavy (non-hydrogen) atoms. The summed E-state index contributed by atoms with van der Waals surface area (Å²) in [5, 5.41) is 4.03. The normalized spacial score (nSPS) is 19.7. The number of ether oxygens (including phenoxy) is 1. The van der Waals surface area contributed by atoms with Gasteiger partial charge in [0.15, 0.2) is 0 Å². The lowest BCUT2D eigenvalue weighted by molar-refractivity contribution is 0.0743. The number of hydrogen-bond acceptors (Lipinski definition) is 4. The molecule has 0 aliphatic carbocycles. The highest BCUT2D eigenvalue weighted by atomic mass is 19.1. The number of aryl methyl sites for hydroxylation is 1. The van der Waals surface area contributed by atoms with Crippen molar-refractivity contribution in [3.05, 3.63) is 60.4 Å². The summed E-state index contributed by atoms with van der Waals surface area (Å²) in [6.07, 6.45) is 4.03. The number of nitrogens with zero attached hydrogens (tertiary/aromatic N) is 3. The van der Waals surface area contributed by atoms with Gasteiger partial charge in [0.1, 0.15) is 29.2 Å². The summed E-state index contributed by atoms with van der Waals surface area (Å²) in [7, 11) is 0. The molecule has 5 nitrogen and oxygen atoms in total. The lowest BCUT2D eigenvalue weighted by Crippen LogP contribution is -2.44. The Bertz CT molecular complexity index is 1170. The van der Waals surface area contributed by atoms with Crippen molar-refractivity contribution in [3.8, 4) is 17.1 Å². The molecule has 1 aliphatic heterocycles. The first-order valence-corrected chi connectivity index (χ1v) is 10.1. The summed E-state index contributed by atoms with van der Waals surface area (Å²) in [5.41, 5.74) is 4.63. The zero-order valence-corrected chi connectivity index (χ0v) is 16.3. The molecule has 0 bridgehead atoms. The number of hydrogen-bond donors (Lipinski definition) is 1. The first-order chi connectivity index (χ1) is 14.2. The van der Waals surface area contributed by atoms with Crippen LogP contribution in [0.1, 0.15) is 18.9 Å². The molecular weight excluding hydrogens is 367 g/mol. The average Bonchev–Trinajstić information content (AvgIpc) is 3.18. The Morgan fingerprint density at radius 3 is 3.03 bits per heavy atom. The SMILES string of the molecule is CCc1ccn2c(-c3ccc4cccc(O[C@H]5CCNC[C@@H]5F)c4n3)cnc2c1. The van der Waals surface area contributed by atoms with Crippen LogP contribution in [-0.4, -0.2) is 39.7 Å². The zero-order chi connectivity index (χ0) is 19.8. The van der Waals surface area contributed by atoms with E-state index in [0.29, 0.717) is 18.7 Å². The number of benzene rings is 1. The molecule has 5 rings (SSSR count). The zero-order valence-electron chi connectivity index (χ0n) is 16.3. The van der Waals surface area contributed by atoms with Crippen LogP contribution in [0.15, 0.2) is 54.9 Å². The number of halogens is 1. The second kappa shape index (κ2) is 7.44. The monoisotopic (exact) mass is 390 g/mol. The molecule has 1 fully saturated rings. The maximum atomic E-state index is 14.3. The molecule has 3 aromatic heterocycles. The maximum Gasteiger partial charge on any atom is 0.149 e. The molecule has 0 unspecified atom stereocenters. The summed E-state index contributed by atoms with van der Waals surface area (Å²) in [5.74, 6) is 0.626. The predicted molar refractivity (Wildman–Crippen MR) is 112 cm³/mol. The van der Waals surface area contributed by atoms with E-state index >= 15 is 0 Å². The number of para-hydroxylation sites is 1. The average molecular weight is 390 g/mol. The fourth-order valence-corrected chi connectivity index (χ4v) is 3.88. The molecule has 0 spiro atoms. The van der Waals surface area contributed by atoms with E-state index < -0.39 is 12.3 Å². The van der Waals surface area contributed by atoms with Crippen molar-refractivity contribution in [2.75, 3.05) is 13.1 Å². The predicted octanol–water partition coefficient (Wildman–Crippen LogP) is 4.19. The van der Waals surface area contributed by atoms with E-state index in [1.54, 1.807) is 0 Å². The van der Waals surface area contributed by atoms with E-state index in [4.69, 9.17) is 9.72 Å². The van der Waals surface area contributed by atoms with Gasteiger partial charge in [-0.2, -0.15) is 0 Å². The number of pyridine rings is 2. The van der Waals surface area contributed by atoms with Crippen molar-refractivity contribution < 1.29 is 9.13 Å². The van der Waals surface area contributed by atoms with E-state index in [1.165, 1.54) is 5.56 Å². The number of fused-ring (bicyclic) bond motifs is 2. The third-order valence-electron chi connectivity index (χ3n) is 5.56. The minimum Gasteiger partial charge on any atom is -0.485 e. The van der Waals surface area contributed by atoms with Crippen LogP contribution in [0.2, 0.25) is 0 Å². The quantitative estimate of drug-likeness (QED) is 0.568. The number of piperidine rings is 1. The van der Waals surface area contributed by atoms with Crippen LogP contribution in [0.4, 0.5) is 4.39 Å². The topological polar surface area (TPSA) is 51.5 Å². The summed E-state index contributed by atoms with van der Waals surface area (Å²) >= 11 is 0. The van der Waals surface area contributed by atoms with E-state index in [9.17, 15) is 4.39 Å². The highest BCUT2D eigenvalue weighted by Gasteiger charge is 2.27. The first kappa shape index (κ1) is 18.1. The van der Waals surface area contributed by atoms with Crippen molar-refractivity contribution in [2.45, 2.75) is 32.0 Å². The molecule has 1 aromatic carbocycles. The van der Waals surface area contributed by atoms with Gasteiger partial charge in [-0.1, -0.05) is 25.1 Å². The second-order valence-corrected chi connectivity index (χ2v) is 7.45. The molecule has 4 heterocycles. The maximum absolute atomic E-state index is 14.3.